The summed E-state index contributed by atoms with van der Waals surface area (Å²) in [4.78, 5) is 24.7. The smallest absolute Gasteiger partial charge is 0.319 e. The van der Waals surface area contributed by atoms with E-state index in [0.29, 0.717) is 36.6 Å². The number of fused-ring (bicyclic) bond motifs is 1. The predicted molar refractivity (Wildman–Crippen MR) is 116 cm³/mol. The molecule has 2 heterocycles. The minimum atomic E-state index is -0.585. The first-order valence-electron chi connectivity index (χ1n) is 10.6. The number of hydrogen-bond acceptors (Lipinski definition) is 6. The highest BCUT2D eigenvalue weighted by Crippen LogP contribution is 2.34. The number of ether oxygens (including phenoxy) is 3. The standard InChI is InChI=1S/C23H27N3O6/c27-13-21-18(26-23(29)25-16-6-9-19-20(10-16)31-14-30-19)8-7-17(32-21)11-22(28)24-12-15-4-2-1-3-5-15/h1-6,9-10,17-18,21,27H,7-8,11-14H2,(H,24,28)(H2,25,26,29)/t17-,18-,21-/m0/s1. The average Bonchev–Trinajstić information content (AvgIpc) is 3.27. The van der Waals surface area contributed by atoms with E-state index in [1.54, 1.807) is 18.2 Å². The lowest BCUT2D eigenvalue weighted by molar-refractivity contribution is -0.130. The number of rotatable bonds is 7. The number of aliphatic hydroxyl groups excluding tert-OH is 1. The second kappa shape index (κ2) is 10.3. The Morgan fingerprint density at radius 3 is 2.66 bits per heavy atom. The maximum Gasteiger partial charge on any atom is 0.319 e. The van der Waals surface area contributed by atoms with Crippen LogP contribution < -0.4 is 25.4 Å². The molecule has 0 spiro atoms. The quantitative estimate of drug-likeness (QED) is 0.523. The SMILES string of the molecule is O=C(C[C@@H]1CC[C@H](NC(=O)Nc2ccc3c(c2)OCO3)[C@H](CO)O1)NCc1ccccc1. The Hall–Kier alpha value is -3.30. The van der Waals surface area contributed by atoms with Crippen molar-refractivity contribution in [1.29, 1.82) is 0 Å². The Bertz CT molecular complexity index is 939. The third-order valence-corrected chi connectivity index (χ3v) is 5.49. The highest BCUT2D eigenvalue weighted by molar-refractivity contribution is 5.90. The maximum atomic E-state index is 12.4. The first-order chi connectivity index (χ1) is 15.6. The van der Waals surface area contributed by atoms with Crippen molar-refractivity contribution in [1.82, 2.24) is 10.6 Å². The molecule has 2 aromatic carbocycles. The molecule has 3 amide bonds. The zero-order valence-electron chi connectivity index (χ0n) is 17.6. The Kier molecular flexibility index (Phi) is 7.08. The lowest BCUT2D eigenvalue weighted by Gasteiger charge is -2.35. The summed E-state index contributed by atoms with van der Waals surface area (Å²) < 4.78 is 16.5. The zero-order chi connectivity index (χ0) is 22.3. The molecule has 170 valence electrons. The second-order valence-electron chi connectivity index (χ2n) is 7.80. The number of benzene rings is 2. The lowest BCUT2D eigenvalue weighted by atomic mass is 9.97. The average molecular weight is 441 g/mol. The molecule has 0 saturated carbocycles. The van der Waals surface area contributed by atoms with Gasteiger partial charge in [0.05, 0.1) is 25.2 Å². The van der Waals surface area contributed by atoms with E-state index < -0.39 is 12.1 Å². The van der Waals surface area contributed by atoms with E-state index in [1.807, 2.05) is 30.3 Å². The summed E-state index contributed by atoms with van der Waals surface area (Å²) >= 11 is 0. The van der Waals surface area contributed by atoms with E-state index in [1.165, 1.54) is 0 Å². The summed E-state index contributed by atoms with van der Waals surface area (Å²) in [6.07, 6.45) is 0.510. The molecule has 0 aromatic heterocycles. The number of carbonyl (C=O) groups is 2. The zero-order valence-corrected chi connectivity index (χ0v) is 17.6. The van der Waals surface area contributed by atoms with E-state index in [9.17, 15) is 14.7 Å². The third kappa shape index (κ3) is 5.68. The molecule has 2 aromatic rings. The van der Waals surface area contributed by atoms with Gasteiger partial charge >= 0.3 is 6.03 Å². The Labute approximate surface area is 186 Å². The largest absolute Gasteiger partial charge is 0.454 e. The molecule has 2 aliphatic rings. The molecule has 9 heteroatoms. The van der Waals surface area contributed by atoms with E-state index in [4.69, 9.17) is 14.2 Å². The van der Waals surface area contributed by atoms with Crippen molar-refractivity contribution in [2.45, 2.75) is 44.1 Å². The molecule has 0 radical (unpaired) electrons. The van der Waals surface area contributed by atoms with E-state index in [-0.39, 0.29) is 37.9 Å². The number of nitrogens with one attached hydrogen (secondary N) is 3. The van der Waals surface area contributed by atoms with Gasteiger partial charge < -0.3 is 35.3 Å². The van der Waals surface area contributed by atoms with Gasteiger partial charge in [0.15, 0.2) is 11.5 Å². The fourth-order valence-electron chi connectivity index (χ4n) is 3.83. The van der Waals surface area contributed by atoms with Crippen LogP contribution in [0.25, 0.3) is 0 Å². The van der Waals surface area contributed by atoms with Crippen molar-refractivity contribution in [3.05, 3.63) is 54.1 Å². The molecule has 0 unspecified atom stereocenters. The van der Waals surface area contributed by atoms with Gasteiger partial charge in [-0.2, -0.15) is 0 Å². The highest BCUT2D eigenvalue weighted by Gasteiger charge is 2.33. The summed E-state index contributed by atoms with van der Waals surface area (Å²) in [5.74, 6) is 1.10. The van der Waals surface area contributed by atoms with Crippen LogP contribution in [0.5, 0.6) is 11.5 Å². The van der Waals surface area contributed by atoms with Crippen LogP contribution in [-0.4, -0.2) is 48.7 Å². The number of anilines is 1. The number of carbonyl (C=O) groups excluding carboxylic acids is 2. The summed E-state index contributed by atoms with van der Waals surface area (Å²) in [6, 6.07) is 14.0. The van der Waals surface area contributed by atoms with Crippen molar-refractivity contribution in [2.75, 3.05) is 18.7 Å². The van der Waals surface area contributed by atoms with Gasteiger partial charge in [-0.1, -0.05) is 30.3 Å². The van der Waals surface area contributed by atoms with Gasteiger partial charge in [0, 0.05) is 18.3 Å². The van der Waals surface area contributed by atoms with Crippen LogP contribution in [0.2, 0.25) is 0 Å². The molecule has 1 saturated heterocycles. The Morgan fingerprint density at radius 2 is 1.84 bits per heavy atom. The van der Waals surface area contributed by atoms with Gasteiger partial charge in [0.1, 0.15) is 6.10 Å². The van der Waals surface area contributed by atoms with Crippen molar-refractivity contribution in [3.8, 4) is 11.5 Å². The predicted octanol–water partition coefficient (Wildman–Crippen LogP) is 2.15. The van der Waals surface area contributed by atoms with Gasteiger partial charge in [-0.05, 0) is 30.5 Å². The second-order valence-corrected chi connectivity index (χ2v) is 7.80. The summed E-state index contributed by atoms with van der Waals surface area (Å²) in [5, 5.41) is 18.2. The van der Waals surface area contributed by atoms with Gasteiger partial charge in [0.2, 0.25) is 12.7 Å². The molecule has 4 N–H and O–H groups in total. The molecule has 4 rings (SSSR count). The van der Waals surface area contributed by atoms with Crippen LogP contribution in [-0.2, 0) is 16.1 Å². The molecule has 32 heavy (non-hydrogen) atoms. The van der Waals surface area contributed by atoms with Crippen LogP contribution in [0.3, 0.4) is 0 Å². The molecule has 1 fully saturated rings. The molecule has 0 bridgehead atoms. The van der Waals surface area contributed by atoms with Crippen LogP contribution >= 0.6 is 0 Å². The number of amides is 3. The van der Waals surface area contributed by atoms with Crippen molar-refractivity contribution < 1.29 is 28.9 Å². The van der Waals surface area contributed by atoms with Crippen molar-refractivity contribution in [2.24, 2.45) is 0 Å². The molecular formula is C23H27N3O6. The Balaban J connectivity index is 1.23. The number of hydrogen-bond donors (Lipinski definition) is 4. The molecule has 2 aliphatic heterocycles. The lowest BCUT2D eigenvalue weighted by Crippen LogP contribution is -2.52. The molecular weight excluding hydrogens is 414 g/mol. The van der Waals surface area contributed by atoms with Crippen molar-refractivity contribution >= 4 is 17.6 Å². The minimum absolute atomic E-state index is 0.109. The van der Waals surface area contributed by atoms with Crippen LogP contribution in [0.15, 0.2) is 48.5 Å². The van der Waals surface area contributed by atoms with Crippen molar-refractivity contribution in [3.63, 3.8) is 0 Å². The van der Waals surface area contributed by atoms with Crippen LogP contribution in [0.1, 0.15) is 24.8 Å². The minimum Gasteiger partial charge on any atom is -0.454 e. The highest BCUT2D eigenvalue weighted by atomic mass is 16.7. The first-order valence-corrected chi connectivity index (χ1v) is 10.6. The summed E-state index contributed by atoms with van der Waals surface area (Å²) in [5.41, 5.74) is 1.59. The normalized spacial score (nSPS) is 21.6. The van der Waals surface area contributed by atoms with Gasteiger partial charge in [-0.15, -0.1) is 0 Å². The topological polar surface area (TPSA) is 118 Å². The van der Waals surface area contributed by atoms with E-state index >= 15 is 0 Å². The Morgan fingerprint density at radius 1 is 1.03 bits per heavy atom. The van der Waals surface area contributed by atoms with Gasteiger partial charge in [-0.25, -0.2) is 4.79 Å². The number of aliphatic hydroxyl groups is 1. The summed E-state index contributed by atoms with van der Waals surface area (Å²) in [7, 11) is 0. The van der Waals surface area contributed by atoms with Crippen LogP contribution in [0, 0.1) is 0 Å². The van der Waals surface area contributed by atoms with Crippen LogP contribution in [0.4, 0.5) is 10.5 Å². The monoisotopic (exact) mass is 441 g/mol. The first kappa shape index (κ1) is 21.9. The fraction of sp³-hybridized carbons (Fsp3) is 0.391. The molecule has 3 atom stereocenters. The van der Waals surface area contributed by atoms with Gasteiger partial charge in [-0.3, -0.25) is 4.79 Å². The van der Waals surface area contributed by atoms with E-state index in [0.717, 1.165) is 5.56 Å². The maximum absolute atomic E-state index is 12.4. The molecule has 0 aliphatic carbocycles. The van der Waals surface area contributed by atoms with E-state index in [2.05, 4.69) is 16.0 Å². The third-order valence-electron chi connectivity index (χ3n) is 5.49. The van der Waals surface area contributed by atoms with Gasteiger partial charge in [0.25, 0.3) is 0 Å². The molecule has 9 nitrogen and oxygen atoms in total. The fourth-order valence-corrected chi connectivity index (χ4v) is 3.83. The number of urea groups is 1. The summed E-state index contributed by atoms with van der Waals surface area (Å²) in [6.45, 7) is 0.366.